The molecule has 0 spiro atoms. The Kier molecular flexibility index (Phi) is 4.02. The van der Waals surface area contributed by atoms with Crippen molar-refractivity contribution in [1.82, 2.24) is 0 Å². The number of ketones is 1. The lowest BCUT2D eigenvalue weighted by Gasteiger charge is -2.59. The molecule has 186 valence electrons. The summed E-state index contributed by atoms with van der Waals surface area (Å²) in [7, 11) is 0. The van der Waals surface area contributed by atoms with Gasteiger partial charge in [0.1, 0.15) is 29.5 Å². The van der Waals surface area contributed by atoms with E-state index in [0.717, 1.165) is 5.57 Å². The number of aliphatic hydroxyl groups excluding tert-OH is 2. The van der Waals surface area contributed by atoms with E-state index in [1.807, 2.05) is 44.2 Å². The van der Waals surface area contributed by atoms with Crippen LogP contribution in [0.15, 0.2) is 54.1 Å². The van der Waals surface area contributed by atoms with Gasteiger partial charge in [-0.05, 0) is 37.3 Å². The van der Waals surface area contributed by atoms with Gasteiger partial charge >= 0.3 is 5.97 Å². The third-order valence-electron chi connectivity index (χ3n) is 9.77. The SMILES string of the molecule is C=C(C)[C@@]12C[C@H](C)[C@@]34O[C@](c5ccccc5)(O[C@H]1C3[C@@H]1O[C@]1(CO)[C@@H](O)[C@]1(O)C(=O)C(C)=C[C@@H]14)O2. The largest absolute Gasteiger partial charge is 0.393 e. The van der Waals surface area contributed by atoms with Crippen LogP contribution in [-0.2, 0) is 29.7 Å². The second kappa shape index (κ2) is 6.31. The number of carbonyl (C=O) groups is 1. The number of carbonyl (C=O) groups excluding carboxylic acids is 1. The number of Topliss-reactive ketones (excluding diaryl/α,β-unsaturated/α-hetero) is 1. The molecule has 3 aliphatic carbocycles. The molecule has 6 aliphatic rings. The average Bonchev–Trinajstić information content (AvgIpc) is 3.48. The quantitative estimate of drug-likeness (QED) is 0.436. The van der Waals surface area contributed by atoms with E-state index in [9.17, 15) is 20.1 Å². The smallest absolute Gasteiger partial charge is 0.313 e. The van der Waals surface area contributed by atoms with Crippen molar-refractivity contribution in [3.63, 3.8) is 0 Å². The molecule has 3 aliphatic heterocycles. The molecule has 0 aromatic heterocycles. The van der Waals surface area contributed by atoms with E-state index in [0.29, 0.717) is 17.6 Å². The van der Waals surface area contributed by atoms with Crippen molar-refractivity contribution >= 4 is 5.78 Å². The van der Waals surface area contributed by atoms with E-state index in [4.69, 9.17) is 18.9 Å². The Hall–Kier alpha value is -1.91. The van der Waals surface area contributed by atoms with Gasteiger partial charge in [0, 0.05) is 17.4 Å². The number of epoxide rings is 1. The summed E-state index contributed by atoms with van der Waals surface area (Å²) in [5.74, 6) is -3.85. The summed E-state index contributed by atoms with van der Waals surface area (Å²) in [6, 6.07) is 9.35. The van der Waals surface area contributed by atoms with Gasteiger partial charge in [0.15, 0.2) is 11.4 Å². The van der Waals surface area contributed by atoms with E-state index < -0.39 is 70.9 Å². The molecular weight excluding hydrogens is 452 g/mol. The lowest BCUT2D eigenvalue weighted by Crippen LogP contribution is -2.72. The maximum Gasteiger partial charge on any atom is 0.313 e. The summed E-state index contributed by atoms with van der Waals surface area (Å²) < 4.78 is 26.5. The third-order valence-corrected chi connectivity index (χ3v) is 9.77. The van der Waals surface area contributed by atoms with E-state index in [2.05, 4.69) is 6.58 Å². The number of hydrogen-bond acceptors (Lipinski definition) is 8. The zero-order valence-electron chi connectivity index (χ0n) is 19.9. The van der Waals surface area contributed by atoms with Crippen molar-refractivity contribution in [1.29, 1.82) is 0 Å². The van der Waals surface area contributed by atoms with Crippen LogP contribution in [0, 0.1) is 17.8 Å². The minimum Gasteiger partial charge on any atom is -0.393 e. The molecule has 3 heterocycles. The fourth-order valence-electron chi connectivity index (χ4n) is 8.10. The van der Waals surface area contributed by atoms with Gasteiger partial charge in [0.25, 0.3) is 0 Å². The van der Waals surface area contributed by atoms with Crippen molar-refractivity contribution in [3.05, 3.63) is 59.7 Å². The van der Waals surface area contributed by atoms with E-state index in [1.165, 1.54) is 0 Å². The molecule has 3 saturated heterocycles. The Morgan fingerprint density at radius 2 is 1.89 bits per heavy atom. The molecule has 1 aromatic carbocycles. The standard InChI is InChI=1S/C27H30O8/c1-13(2)23-11-15(4)26-17-10-14(3)19(29)25(17,31)22(30)24(12-28)21(32-24)18(26)20(23)33-27(34-23,35-26)16-8-6-5-7-9-16/h5-10,15,17-18,20-22,28,30-31H,1,11-12H2,2-4H3/t15-,17-,18?,20-,21-,22+,23-,24-,25+,26-,27+/m0/s1. The van der Waals surface area contributed by atoms with Gasteiger partial charge in [-0.1, -0.05) is 49.9 Å². The van der Waals surface area contributed by atoms with Gasteiger partial charge in [0.05, 0.1) is 12.2 Å². The van der Waals surface area contributed by atoms with Crippen LogP contribution in [0.2, 0.25) is 0 Å². The van der Waals surface area contributed by atoms with Gasteiger partial charge in [-0.3, -0.25) is 4.79 Å². The zero-order valence-corrected chi connectivity index (χ0v) is 19.9. The average molecular weight is 483 g/mol. The second-order valence-electron chi connectivity index (χ2n) is 11.4. The van der Waals surface area contributed by atoms with Gasteiger partial charge in [-0.2, -0.15) is 0 Å². The first-order valence-corrected chi connectivity index (χ1v) is 12.3. The molecule has 7 rings (SSSR count). The molecule has 1 unspecified atom stereocenters. The minimum absolute atomic E-state index is 0.243. The minimum atomic E-state index is -2.22. The first-order chi connectivity index (χ1) is 16.5. The van der Waals surface area contributed by atoms with Crippen molar-refractivity contribution in [3.8, 4) is 0 Å². The molecular formula is C27H30O8. The molecule has 8 heteroatoms. The maximum atomic E-state index is 13.5. The summed E-state index contributed by atoms with van der Waals surface area (Å²) in [4.78, 5) is 13.5. The second-order valence-corrected chi connectivity index (χ2v) is 11.4. The number of ether oxygens (including phenoxy) is 4. The predicted molar refractivity (Wildman–Crippen MR) is 121 cm³/mol. The Balaban J connectivity index is 1.53. The summed E-state index contributed by atoms with van der Waals surface area (Å²) in [6.07, 6.45) is -0.731. The van der Waals surface area contributed by atoms with Crippen molar-refractivity contribution in [2.45, 2.75) is 73.9 Å². The number of aliphatic hydroxyl groups is 3. The van der Waals surface area contributed by atoms with Crippen LogP contribution in [0.1, 0.15) is 32.8 Å². The highest BCUT2D eigenvalue weighted by Gasteiger charge is 2.88. The van der Waals surface area contributed by atoms with E-state index >= 15 is 0 Å². The summed E-state index contributed by atoms with van der Waals surface area (Å²) in [5.41, 5.74) is -4.05. The third kappa shape index (κ3) is 2.16. The number of fused-ring (bicyclic) bond motifs is 3. The Bertz CT molecular complexity index is 1200. The molecule has 5 fully saturated rings. The van der Waals surface area contributed by atoms with Gasteiger partial charge in [-0.15, -0.1) is 0 Å². The topological polar surface area (TPSA) is 118 Å². The molecule has 11 atom stereocenters. The van der Waals surface area contributed by atoms with Gasteiger partial charge in [-0.25, -0.2) is 0 Å². The van der Waals surface area contributed by atoms with Crippen molar-refractivity contribution in [2.24, 2.45) is 17.8 Å². The Labute approximate surface area is 203 Å². The highest BCUT2D eigenvalue weighted by Crippen LogP contribution is 2.73. The summed E-state index contributed by atoms with van der Waals surface area (Å²) in [5, 5.41) is 34.0. The summed E-state index contributed by atoms with van der Waals surface area (Å²) in [6.45, 7) is 9.26. The molecule has 35 heavy (non-hydrogen) atoms. The lowest BCUT2D eigenvalue weighted by atomic mass is 9.54. The van der Waals surface area contributed by atoms with Crippen LogP contribution in [-0.4, -0.2) is 68.4 Å². The first-order valence-electron chi connectivity index (χ1n) is 12.3. The zero-order chi connectivity index (χ0) is 24.8. The van der Waals surface area contributed by atoms with Gasteiger partial charge in [0.2, 0.25) is 0 Å². The molecule has 1 aromatic rings. The van der Waals surface area contributed by atoms with Crippen molar-refractivity contribution in [2.75, 3.05) is 6.61 Å². The monoisotopic (exact) mass is 482 g/mol. The van der Waals surface area contributed by atoms with E-state index in [-0.39, 0.29) is 5.92 Å². The van der Waals surface area contributed by atoms with Crippen LogP contribution < -0.4 is 0 Å². The van der Waals surface area contributed by atoms with Crippen LogP contribution in [0.25, 0.3) is 0 Å². The molecule has 3 N–H and O–H groups in total. The fraction of sp³-hybridized carbons (Fsp3) is 0.593. The molecule has 2 saturated carbocycles. The highest BCUT2D eigenvalue weighted by atomic mass is 16.9. The normalized spacial score (nSPS) is 55.0. The molecule has 0 radical (unpaired) electrons. The lowest BCUT2D eigenvalue weighted by molar-refractivity contribution is -0.439. The molecule has 0 amide bonds. The van der Waals surface area contributed by atoms with Crippen LogP contribution in [0.4, 0.5) is 0 Å². The Morgan fingerprint density at radius 1 is 1.17 bits per heavy atom. The van der Waals surface area contributed by atoms with Crippen LogP contribution in [0.3, 0.4) is 0 Å². The van der Waals surface area contributed by atoms with Crippen molar-refractivity contribution < 1.29 is 39.1 Å². The maximum absolute atomic E-state index is 13.5. The Morgan fingerprint density at radius 3 is 2.54 bits per heavy atom. The fourth-order valence-corrected chi connectivity index (χ4v) is 8.10. The number of benzene rings is 1. The van der Waals surface area contributed by atoms with Crippen LogP contribution >= 0.6 is 0 Å². The van der Waals surface area contributed by atoms with E-state index in [1.54, 1.807) is 13.0 Å². The number of rotatable bonds is 3. The number of hydrogen-bond donors (Lipinski definition) is 3. The van der Waals surface area contributed by atoms with Crippen LogP contribution in [0.5, 0.6) is 0 Å². The predicted octanol–water partition coefficient (Wildman–Crippen LogP) is 1.33. The van der Waals surface area contributed by atoms with Gasteiger partial charge < -0.3 is 34.3 Å². The first kappa shape index (κ1) is 22.3. The molecule has 3 bridgehead atoms. The summed E-state index contributed by atoms with van der Waals surface area (Å²) >= 11 is 0. The molecule has 8 nitrogen and oxygen atoms in total. The highest BCUT2D eigenvalue weighted by molar-refractivity contribution is 6.05.